The quantitative estimate of drug-likeness (QED) is 0.785. The maximum atomic E-state index is 12.9. The van der Waals surface area contributed by atoms with E-state index in [1.54, 1.807) is 12.0 Å². The van der Waals surface area contributed by atoms with Gasteiger partial charge in [0, 0.05) is 36.8 Å². The molecule has 2 aromatic carbocycles. The molecule has 0 spiro atoms. The van der Waals surface area contributed by atoms with Gasteiger partial charge in [0.2, 0.25) is 17.7 Å². The molecule has 3 aliphatic rings. The Bertz CT molecular complexity index is 1110. The van der Waals surface area contributed by atoms with Crippen molar-refractivity contribution in [2.75, 3.05) is 35.3 Å². The van der Waals surface area contributed by atoms with Crippen LogP contribution in [0, 0.1) is 18.8 Å². The molecule has 32 heavy (non-hydrogen) atoms. The minimum absolute atomic E-state index is 0.0646. The molecule has 166 valence electrons. The zero-order chi connectivity index (χ0) is 22.4. The first-order valence-electron chi connectivity index (χ1n) is 11.1. The van der Waals surface area contributed by atoms with Crippen molar-refractivity contribution >= 4 is 34.8 Å². The van der Waals surface area contributed by atoms with E-state index in [0.29, 0.717) is 24.5 Å². The molecule has 1 N–H and O–H groups in total. The summed E-state index contributed by atoms with van der Waals surface area (Å²) in [6.45, 7) is 2.98. The summed E-state index contributed by atoms with van der Waals surface area (Å²) in [6, 6.07) is 11.4. The van der Waals surface area contributed by atoms with E-state index in [2.05, 4.69) is 5.32 Å². The first-order chi connectivity index (χ1) is 15.4. The molecular weight excluding hydrogens is 406 g/mol. The summed E-state index contributed by atoms with van der Waals surface area (Å²) in [5.41, 5.74) is 4.46. The number of nitrogens with one attached hydrogen (secondary N) is 1. The lowest BCUT2D eigenvalue weighted by Crippen LogP contribution is -2.30. The Kier molecular flexibility index (Phi) is 5.12. The van der Waals surface area contributed by atoms with Crippen LogP contribution >= 0.6 is 0 Å². The van der Waals surface area contributed by atoms with Gasteiger partial charge in [-0.2, -0.15) is 0 Å². The minimum atomic E-state index is -0.436. The summed E-state index contributed by atoms with van der Waals surface area (Å²) in [5.74, 6) is 0.310. The van der Waals surface area contributed by atoms with Crippen LogP contribution in [0.2, 0.25) is 0 Å². The van der Waals surface area contributed by atoms with Gasteiger partial charge in [0.15, 0.2) is 0 Å². The van der Waals surface area contributed by atoms with E-state index in [0.717, 1.165) is 41.8 Å². The Hall–Kier alpha value is -3.35. The van der Waals surface area contributed by atoms with Crippen molar-refractivity contribution in [3.63, 3.8) is 0 Å². The monoisotopic (exact) mass is 433 g/mol. The summed E-state index contributed by atoms with van der Waals surface area (Å²) < 4.78 is 5.34. The summed E-state index contributed by atoms with van der Waals surface area (Å²) in [7, 11) is 1.56. The number of rotatable bonds is 5. The summed E-state index contributed by atoms with van der Waals surface area (Å²) >= 11 is 0. The van der Waals surface area contributed by atoms with E-state index in [1.165, 1.54) is 0 Å². The lowest BCUT2D eigenvalue weighted by atomic mass is 10.1. The van der Waals surface area contributed by atoms with Crippen molar-refractivity contribution in [1.29, 1.82) is 0 Å². The van der Waals surface area contributed by atoms with Gasteiger partial charge in [0.25, 0.3) is 0 Å². The molecular formula is C25H27N3O4. The number of benzene rings is 2. The number of methoxy groups -OCH3 is 1. The predicted octanol–water partition coefficient (Wildman–Crippen LogP) is 3.29. The number of ether oxygens (including phenoxy) is 1. The molecule has 1 saturated carbocycles. The zero-order valence-corrected chi connectivity index (χ0v) is 18.4. The van der Waals surface area contributed by atoms with Crippen molar-refractivity contribution < 1.29 is 19.1 Å². The Morgan fingerprint density at radius 3 is 2.66 bits per heavy atom. The Balaban J connectivity index is 1.29. The molecule has 1 atom stereocenters. The standard InChI is InChI=1S/C25H27N3O4/c1-15-3-8-22(32-2)20(11-15)26-24(30)18-13-23(29)28(14-18)19-6-7-21-17(12-19)9-10-27(21)25(31)16-4-5-16/h3,6-8,11-12,16,18H,4-5,9-10,13-14H2,1-2H3,(H,26,30). The third kappa shape index (κ3) is 3.72. The third-order valence-electron chi connectivity index (χ3n) is 6.57. The van der Waals surface area contributed by atoms with Gasteiger partial charge in [0.05, 0.1) is 18.7 Å². The van der Waals surface area contributed by atoms with E-state index in [1.807, 2.05) is 48.2 Å². The molecule has 0 aromatic heterocycles. The fraction of sp³-hybridized carbons (Fsp3) is 0.400. The van der Waals surface area contributed by atoms with Crippen LogP contribution in [0.3, 0.4) is 0 Å². The highest BCUT2D eigenvalue weighted by atomic mass is 16.5. The number of anilines is 3. The highest BCUT2D eigenvalue weighted by Gasteiger charge is 2.38. The second-order valence-corrected chi connectivity index (χ2v) is 8.93. The fourth-order valence-corrected chi connectivity index (χ4v) is 4.62. The van der Waals surface area contributed by atoms with Crippen molar-refractivity contribution in [3.05, 3.63) is 47.5 Å². The topological polar surface area (TPSA) is 79.0 Å². The second kappa shape index (κ2) is 7.97. The van der Waals surface area contributed by atoms with Gasteiger partial charge in [-0.3, -0.25) is 14.4 Å². The van der Waals surface area contributed by atoms with Gasteiger partial charge < -0.3 is 19.9 Å². The van der Waals surface area contributed by atoms with Crippen LogP contribution in [0.25, 0.3) is 0 Å². The number of amides is 3. The van der Waals surface area contributed by atoms with E-state index in [9.17, 15) is 14.4 Å². The third-order valence-corrected chi connectivity index (χ3v) is 6.57. The summed E-state index contributed by atoms with van der Waals surface area (Å²) in [5, 5.41) is 2.93. The predicted molar refractivity (Wildman–Crippen MR) is 122 cm³/mol. The van der Waals surface area contributed by atoms with Crippen LogP contribution in [0.4, 0.5) is 17.1 Å². The van der Waals surface area contributed by atoms with Gasteiger partial charge in [0.1, 0.15) is 5.75 Å². The van der Waals surface area contributed by atoms with Crippen LogP contribution in [0.1, 0.15) is 30.4 Å². The molecule has 3 amide bonds. The Morgan fingerprint density at radius 2 is 1.91 bits per heavy atom. The molecule has 2 aliphatic heterocycles. The lowest BCUT2D eigenvalue weighted by molar-refractivity contribution is -0.122. The largest absolute Gasteiger partial charge is 0.495 e. The van der Waals surface area contributed by atoms with E-state index >= 15 is 0 Å². The number of carbonyl (C=O) groups is 3. The number of aryl methyl sites for hydroxylation is 1. The SMILES string of the molecule is COc1ccc(C)cc1NC(=O)C1CC(=O)N(c2ccc3c(c2)CCN3C(=O)C2CC2)C1. The molecule has 2 aromatic rings. The van der Waals surface area contributed by atoms with Gasteiger partial charge in [-0.05, 0) is 67.6 Å². The van der Waals surface area contributed by atoms with E-state index < -0.39 is 5.92 Å². The average molecular weight is 434 g/mol. The number of hydrogen-bond acceptors (Lipinski definition) is 4. The molecule has 7 heteroatoms. The number of fused-ring (bicyclic) bond motifs is 1. The average Bonchev–Trinajstić information content (AvgIpc) is 3.43. The first kappa shape index (κ1) is 20.5. The van der Waals surface area contributed by atoms with Gasteiger partial charge >= 0.3 is 0 Å². The maximum Gasteiger partial charge on any atom is 0.230 e. The van der Waals surface area contributed by atoms with Gasteiger partial charge in [-0.1, -0.05) is 6.07 Å². The van der Waals surface area contributed by atoms with Crippen molar-refractivity contribution in [1.82, 2.24) is 0 Å². The normalized spacial score (nSPS) is 19.8. The van der Waals surface area contributed by atoms with E-state index in [-0.39, 0.29) is 30.1 Å². The smallest absolute Gasteiger partial charge is 0.230 e. The van der Waals surface area contributed by atoms with Crippen LogP contribution in [-0.4, -0.2) is 37.9 Å². The summed E-state index contributed by atoms with van der Waals surface area (Å²) in [4.78, 5) is 41.7. The van der Waals surface area contributed by atoms with Crippen molar-refractivity contribution in [2.45, 2.75) is 32.6 Å². The molecule has 2 heterocycles. The van der Waals surface area contributed by atoms with Gasteiger partial charge in [-0.15, -0.1) is 0 Å². The van der Waals surface area contributed by atoms with Crippen LogP contribution < -0.4 is 19.9 Å². The number of nitrogens with zero attached hydrogens (tertiary/aromatic N) is 2. The Morgan fingerprint density at radius 1 is 1.09 bits per heavy atom. The lowest BCUT2D eigenvalue weighted by Gasteiger charge is -2.20. The summed E-state index contributed by atoms with van der Waals surface area (Å²) in [6.07, 6.45) is 2.94. The molecule has 1 aliphatic carbocycles. The Labute approximate surface area is 187 Å². The van der Waals surface area contributed by atoms with Crippen molar-refractivity contribution in [3.8, 4) is 5.75 Å². The molecule has 7 nitrogen and oxygen atoms in total. The fourth-order valence-electron chi connectivity index (χ4n) is 4.62. The second-order valence-electron chi connectivity index (χ2n) is 8.93. The molecule has 1 unspecified atom stereocenters. The number of carbonyl (C=O) groups excluding carboxylic acids is 3. The first-order valence-corrected chi connectivity index (χ1v) is 11.1. The van der Waals surface area contributed by atoms with Crippen LogP contribution in [0.5, 0.6) is 5.75 Å². The van der Waals surface area contributed by atoms with Crippen LogP contribution in [-0.2, 0) is 20.8 Å². The highest BCUT2D eigenvalue weighted by molar-refractivity contribution is 6.04. The number of hydrogen-bond donors (Lipinski definition) is 1. The molecule has 2 fully saturated rings. The molecule has 5 rings (SSSR count). The molecule has 1 saturated heterocycles. The molecule has 0 bridgehead atoms. The van der Waals surface area contributed by atoms with Crippen molar-refractivity contribution in [2.24, 2.45) is 11.8 Å². The van der Waals surface area contributed by atoms with Gasteiger partial charge in [-0.25, -0.2) is 0 Å². The zero-order valence-electron chi connectivity index (χ0n) is 18.4. The maximum absolute atomic E-state index is 12.9. The minimum Gasteiger partial charge on any atom is -0.495 e. The highest BCUT2D eigenvalue weighted by Crippen LogP contribution is 2.38. The van der Waals surface area contributed by atoms with E-state index in [4.69, 9.17) is 4.74 Å². The molecule has 0 radical (unpaired) electrons. The van der Waals surface area contributed by atoms with Crippen LogP contribution in [0.15, 0.2) is 36.4 Å².